The number of hydrogen-bond donors (Lipinski definition) is 1. The first kappa shape index (κ1) is 15.7. The van der Waals surface area contributed by atoms with Gasteiger partial charge in [0.1, 0.15) is 0 Å². The predicted molar refractivity (Wildman–Crippen MR) is 83.5 cm³/mol. The van der Waals surface area contributed by atoms with E-state index in [2.05, 4.69) is 30.5 Å². The lowest BCUT2D eigenvalue weighted by molar-refractivity contribution is 0.308. The fraction of sp³-hybridized carbons (Fsp3) is 0.545. The van der Waals surface area contributed by atoms with E-state index in [0.717, 1.165) is 16.0 Å². The molecule has 0 bridgehead atoms. The van der Waals surface area contributed by atoms with Gasteiger partial charge in [-0.3, -0.25) is 0 Å². The minimum atomic E-state index is 0.309. The summed E-state index contributed by atoms with van der Waals surface area (Å²) in [6.45, 7) is 5.09. The first-order chi connectivity index (χ1) is 10.1. The minimum Gasteiger partial charge on any atom is -0.464 e. The van der Waals surface area contributed by atoms with E-state index >= 15 is 0 Å². The Kier molecular flexibility index (Phi) is 5.51. The Morgan fingerprint density at radius 3 is 2.62 bits per heavy atom. The second-order valence-electron chi connectivity index (χ2n) is 4.03. The molecule has 0 aromatic carbocycles. The van der Waals surface area contributed by atoms with Gasteiger partial charge in [0, 0.05) is 20.6 Å². The largest absolute Gasteiger partial charge is 0.464 e. The topological polar surface area (TPSA) is 89.0 Å². The van der Waals surface area contributed by atoms with Crippen LogP contribution in [0.25, 0.3) is 0 Å². The van der Waals surface area contributed by atoms with E-state index in [0.29, 0.717) is 23.7 Å². The van der Waals surface area contributed by atoms with Crippen molar-refractivity contribution >= 4 is 34.2 Å². The third-order valence-corrected chi connectivity index (χ3v) is 4.17. The van der Waals surface area contributed by atoms with Crippen molar-refractivity contribution in [3.05, 3.63) is 0 Å². The van der Waals surface area contributed by atoms with Crippen LogP contribution in [-0.4, -0.2) is 52.4 Å². The van der Waals surface area contributed by atoms with Crippen molar-refractivity contribution in [2.45, 2.75) is 23.3 Å². The normalized spacial score (nSPS) is 10.5. The van der Waals surface area contributed by atoms with Crippen molar-refractivity contribution in [2.24, 2.45) is 0 Å². The molecule has 0 radical (unpaired) electrons. The predicted octanol–water partition coefficient (Wildman–Crippen LogP) is 1.77. The van der Waals surface area contributed by atoms with Crippen LogP contribution in [0.1, 0.15) is 13.8 Å². The lowest BCUT2D eigenvalue weighted by Crippen LogP contribution is -2.07. The number of hydrogen-bond acceptors (Lipinski definition) is 10. The fourth-order valence-electron chi connectivity index (χ4n) is 1.32. The van der Waals surface area contributed by atoms with Gasteiger partial charge in [-0.05, 0) is 25.6 Å². The molecular formula is C11H17N7OS2. The van der Waals surface area contributed by atoms with Crippen molar-refractivity contribution in [3.8, 4) is 6.01 Å². The van der Waals surface area contributed by atoms with Crippen LogP contribution in [0.3, 0.4) is 0 Å². The van der Waals surface area contributed by atoms with Gasteiger partial charge in [0.2, 0.25) is 16.2 Å². The number of anilines is 2. The molecule has 2 rings (SSSR count). The summed E-state index contributed by atoms with van der Waals surface area (Å²) >= 11 is 2.82. The van der Waals surface area contributed by atoms with Crippen molar-refractivity contribution in [1.82, 2.24) is 25.1 Å². The quantitative estimate of drug-likeness (QED) is 0.817. The third-order valence-electron chi connectivity index (χ3n) is 2.16. The summed E-state index contributed by atoms with van der Waals surface area (Å²) < 4.78 is 6.13. The molecule has 0 unspecified atom stereocenters. The number of rotatable bonds is 7. The highest BCUT2D eigenvalue weighted by Gasteiger charge is 2.12. The minimum absolute atomic E-state index is 0.309. The van der Waals surface area contributed by atoms with Crippen LogP contribution in [0.5, 0.6) is 6.01 Å². The van der Waals surface area contributed by atoms with Gasteiger partial charge < -0.3 is 15.0 Å². The van der Waals surface area contributed by atoms with Gasteiger partial charge in [0.15, 0.2) is 4.34 Å². The molecule has 0 saturated carbocycles. The number of ether oxygens (including phenoxy) is 1. The average Bonchev–Trinajstić information content (AvgIpc) is 2.88. The lowest BCUT2D eigenvalue weighted by Gasteiger charge is -2.06. The van der Waals surface area contributed by atoms with E-state index in [4.69, 9.17) is 4.74 Å². The Bertz CT molecular complexity index is 565. The summed E-state index contributed by atoms with van der Waals surface area (Å²) in [5, 5.41) is 12.6. The Morgan fingerprint density at radius 1 is 1.19 bits per heavy atom. The van der Waals surface area contributed by atoms with Crippen LogP contribution in [0.2, 0.25) is 0 Å². The van der Waals surface area contributed by atoms with Crippen molar-refractivity contribution in [3.63, 3.8) is 0 Å². The molecule has 1 N–H and O–H groups in total. The Morgan fingerprint density at radius 2 is 2.00 bits per heavy atom. The second kappa shape index (κ2) is 7.36. The maximum atomic E-state index is 5.36. The molecule has 0 fully saturated rings. The molecule has 0 spiro atoms. The fourth-order valence-corrected chi connectivity index (χ4v) is 2.93. The smallest absolute Gasteiger partial charge is 0.322 e. The average molecular weight is 327 g/mol. The van der Waals surface area contributed by atoms with Gasteiger partial charge in [-0.1, -0.05) is 11.3 Å². The first-order valence-corrected chi connectivity index (χ1v) is 8.07. The van der Waals surface area contributed by atoms with Gasteiger partial charge in [-0.2, -0.15) is 15.0 Å². The van der Waals surface area contributed by atoms with Crippen LogP contribution >= 0.6 is 23.1 Å². The number of nitrogens with zero attached hydrogens (tertiary/aromatic N) is 6. The zero-order valence-corrected chi connectivity index (χ0v) is 14.0. The van der Waals surface area contributed by atoms with E-state index in [1.165, 1.54) is 23.1 Å². The van der Waals surface area contributed by atoms with Gasteiger partial charge >= 0.3 is 6.01 Å². The molecule has 0 aliphatic carbocycles. The zero-order chi connectivity index (χ0) is 15.2. The SMILES string of the molecule is CCNc1nc(OCC)nc(Sc2nnc(N(C)C)s2)n1. The van der Waals surface area contributed by atoms with Crippen LogP contribution in [0.15, 0.2) is 9.50 Å². The molecule has 0 aliphatic heterocycles. The first-order valence-electron chi connectivity index (χ1n) is 6.43. The summed E-state index contributed by atoms with van der Waals surface area (Å²) in [4.78, 5) is 14.7. The van der Waals surface area contributed by atoms with E-state index in [9.17, 15) is 0 Å². The highest BCUT2D eigenvalue weighted by molar-refractivity contribution is 8.00. The van der Waals surface area contributed by atoms with Gasteiger partial charge in [-0.15, -0.1) is 10.2 Å². The lowest BCUT2D eigenvalue weighted by atomic mass is 10.7. The molecule has 2 aromatic heterocycles. The number of aromatic nitrogens is 5. The third kappa shape index (κ3) is 4.39. The van der Waals surface area contributed by atoms with E-state index in [-0.39, 0.29) is 0 Å². The van der Waals surface area contributed by atoms with Gasteiger partial charge in [0.25, 0.3) is 0 Å². The summed E-state index contributed by atoms with van der Waals surface area (Å²) in [6.07, 6.45) is 0. The van der Waals surface area contributed by atoms with Crippen LogP contribution in [0, 0.1) is 0 Å². The maximum absolute atomic E-state index is 5.36. The highest BCUT2D eigenvalue weighted by atomic mass is 32.2. The molecule has 2 heterocycles. The van der Waals surface area contributed by atoms with Crippen molar-refractivity contribution < 1.29 is 4.74 Å². The zero-order valence-electron chi connectivity index (χ0n) is 12.3. The summed E-state index contributed by atoms with van der Waals surface area (Å²) in [5.74, 6) is 0.496. The molecule has 0 amide bonds. The molecule has 0 aliphatic rings. The molecule has 0 saturated heterocycles. The van der Waals surface area contributed by atoms with Crippen molar-refractivity contribution in [1.29, 1.82) is 0 Å². The Hall–Kier alpha value is -1.68. The number of nitrogens with one attached hydrogen (secondary N) is 1. The molecular weight excluding hydrogens is 310 g/mol. The molecule has 2 aromatic rings. The van der Waals surface area contributed by atoms with Crippen LogP contribution in [0.4, 0.5) is 11.1 Å². The van der Waals surface area contributed by atoms with E-state index in [1.807, 2.05) is 32.8 Å². The highest BCUT2D eigenvalue weighted by Crippen LogP contribution is 2.31. The summed E-state index contributed by atoms with van der Waals surface area (Å²) in [5.41, 5.74) is 0. The maximum Gasteiger partial charge on any atom is 0.322 e. The molecule has 0 atom stereocenters. The van der Waals surface area contributed by atoms with E-state index < -0.39 is 0 Å². The van der Waals surface area contributed by atoms with Crippen LogP contribution < -0.4 is 15.0 Å². The summed E-state index contributed by atoms with van der Waals surface area (Å²) in [6, 6.07) is 0.309. The van der Waals surface area contributed by atoms with Gasteiger partial charge in [-0.25, -0.2) is 0 Å². The molecule has 8 nitrogen and oxygen atoms in total. The van der Waals surface area contributed by atoms with Crippen molar-refractivity contribution in [2.75, 3.05) is 37.5 Å². The molecule has 21 heavy (non-hydrogen) atoms. The Labute approximate surface area is 131 Å². The Balaban J connectivity index is 2.20. The van der Waals surface area contributed by atoms with Gasteiger partial charge in [0.05, 0.1) is 6.61 Å². The van der Waals surface area contributed by atoms with Crippen LogP contribution in [-0.2, 0) is 0 Å². The molecule has 10 heteroatoms. The molecule has 114 valence electrons. The summed E-state index contributed by atoms with van der Waals surface area (Å²) in [7, 11) is 3.85. The monoisotopic (exact) mass is 327 g/mol. The van der Waals surface area contributed by atoms with E-state index in [1.54, 1.807) is 0 Å². The standard InChI is InChI=1S/C11H17N7OS2/c1-5-12-7-13-8(19-6-2)15-9(14-7)20-11-17-16-10(21-11)18(3)4/h5-6H2,1-4H3,(H,12,13,14,15). The second-order valence-corrected chi connectivity index (χ2v) is 6.20.